The average molecular weight is 561 g/mol. The molecule has 2 aliphatic heterocycles. The fourth-order valence-electron chi connectivity index (χ4n) is 4.87. The minimum atomic E-state index is -0.388. The molecule has 0 saturated carbocycles. The van der Waals surface area contributed by atoms with Crippen molar-refractivity contribution in [1.82, 2.24) is 25.6 Å². The number of hydrogen-bond donors (Lipinski definition) is 2. The number of imide groups is 1. The van der Waals surface area contributed by atoms with Gasteiger partial charge in [0.15, 0.2) is 0 Å². The molecule has 0 atom stereocenters. The number of aromatic nitrogens is 3. The van der Waals surface area contributed by atoms with Crippen LogP contribution in [0, 0.1) is 12.8 Å². The summed E-state index contributed by atoms with van der Waals surface area (Å²) in [5.41, 5.74) is 4.55. The smallest absolute Gasteiger partial charge is 0.290 e. The fourth-order valence-corrected chi connectivity index (χ4v) is 5.54. The van der Waals surface area contributed by atoms with Crippen molar-refractivity contribution in [2.45, 2.75) is 26.3 Å². The average Bonchev–Trinajstić information content (AvgIpc) is 3.28. The lowest BCUT2D eigenvalue weighted by Gasteiger charge is -2.32. The van der Waals surface area contributed by atoms with Gasteiger partial charge in [-0.15, -0.1) is 0 Å². The van der Waals surface area contributed by atoms with Crippen LogP contribution in [0.25, 0.3) is 17.3 Å². The van der Waals surface area contributed by atoms with Crippen LogP contribution in [0.15, 0.2) is 47.5 Å². The summed E-state index contributed by atoms with van der Waals surface area (Å²) in [5, 5.41) is 5.50. The van der Waals surface area contributed by atoms with E-state index in [0.717, 1.165) is 78.3 Å². The summed E-state index contributed by atoms with van der Waals surface area (Å²) in [7, 11) is 3.29. The first-order valence-corrected chi connectivity index (χ1v) is 14.0. The van der Waals surface area contributed by atoms with Crippen LogP contribution in [0.5, 0.6) is 11.5 Å². The lowest BCUT2D eigenvalue weighted by molar-refractivity contribution is -0.115. The number of carbonyl (C=O) groups excluding carboxylic acids is 2. The van der Waals surface area contributed by atoms with Crippen LogP contribution in [0.2, 0.25) is 0 Å². The molecule has 2 aliphatic rings. The van der Waals surface area contributed by atoms with Crippen LogP contribution < -0.4 is 25.0 Å². The van der Waals surface area contributed by atoms with E-state index >= 15 is 0 Å². The SMILES string of the molecule is COc1ccc(-c2cc(C)cc(CNCC3CCN(c4nccc(/C=C5/SC(=O)NC5=O)n4)CC3)n2)c(OC)c1. The standard InChI is InChI=1S/C29H32N6O4S/c1-18-12-21(32-24(13-18)23-5-4-22(38-2)15-25(23)39-3)17-30-16-19-7-10-35(11-8-19)28-31-9-6-20(33-28)14-26-27(36)34-29(37)40-26/h4-6,9,12-15,19,30H,7-8,10-11,16-17H2,1-3H3,(H,34,36,37)/b26-14+. The van der Waals surface area contributed by atoms with Crippen LogP contribution >= 0.6 is 11.8 Å². The van der Waals surface area contributed by atoms with E-state index < -0.39 is 0 Å². The molecule has 2 amide bonds. The van der Waals surface area contributed by atoms with Crippen LogP contribution in [0.4, 0.5) is 10.7 Å². The summed E-state index contributed by atoms with van der Waals surface area (Å²) >= 11 is 0.885. The van der Waals surface area contributed by atoms with Crippen molar-refractivity contribution >= 4 is 34.9 Å². The summed E-state index contributed by atoms with van der Waals surface area (Å²) in [5.74, 6) is 2.26. The maximum absolute atomic E-state index is 11.8. The van der Waals surface area contributed by atoms with Gasteiger partial charge in [0, 0.05) is 37.5 Å². The Morgan fingerprint density at radius 2 is 1.93 bits per heavy atom. The van der Waals surface area contributed by atoms with E-state index in [4.69, 9.17) is 14.5 Å². The first-order valence-electron chi connectivity index (χ1n) is 13.2. The second kappa shape index (κ2) is 12.5. The summed E-state index contributed by atoms with van der Waals surface area (Å²) in [6.07, 6.45) is 5.35. The molecule has 11 heteroatoms. The number of nitrogens with one attached hydrogen (secondary N) is 2. The van der Waals surface area contributed by atoms with E-state index in [2.05, 4.69) is 44.6 Å². The van der Waals surface area contributed by atoms with Gasteiger partial charge in [-0.2, -0.15) is 0 Å². The summed E-state index contributed by atoms with van der Waals surface area (Å²) in [6, 6.07) is 11.7. The highest BCUT2D eigenvalue weighted by atomic mass is 32.2. The highest BCUT2D eigenvalue weighted by Gasteiger charge is 2.26. The van der Waals surface area contributed by atoms with Gasteiger partial charge in [0.2, 0.25) is 5.95 Å². The molecular weight excluding hydrogens is 528 g/mol. The molecule has 3 aromatic rings. The van der Waals surface area contributed by atoms with Crippen molar-refractivity contribution < 1.29 is 19.1 Å². The van der Waals surface area contributed by atoms with Crippen LogP contribution in [0.1, 0.15) is 29.8 Å². The number of nitrogens with zero attached hydrogens (tertiary/aromatic N) is 4. The molecule has 2 aromatic heterocycles. The molecule has 0 bridgehead atoms. The third kappa shape index (κ3) is 6.60. The van der Waals surface area contributed by atoms with Gasteiger partial charge in [-0.3, -0.25) is 19.9 Å². The zero-order chi connectivity index (χ0) is 28.1. The van der Waals surface area contributed by atoms with Gasteiger partial charge in [-0.25, -0.2) is 9.97 Å². The Morgan fingerprint density at radius 3 is 2.65 bits per heavy atom. The predicted molar refractivity (Wildman–Crippen MR) is 155 cm³/mol. The molecule has 4 heterocycles. The third-order valence-corrected chi connectivity index (χ3v) is 7.74. The number of piperidine rings is 1. The first kappa shape index (κ1) is 27.6. The maximum Gasteiger partial charge on any atom is 0.290 e. The third-order valence-electron chi connectivity index (χ3n) is 6.93. The normalized spacial score (nSPS) is 16.9. The summed E-state index contributed by atoms with van der Waals surface area (Å²) in [6.45, 7) is 5.36. The fraction of sp³-hybridized carbons (Fsp3) is 0.345. The largest absolute Gasteiger partial charge is 0.497 e. The van der Waals surface area contributed by atoms with Crippen molar-refractivity contribution in [2.24, 2.45) is 5.92 Å². The van der Waals surface area contributed by atoms with Crippen molar-refractivity contribution in [3.05, 3.63) is 64.5 Å². The highest BCUT2D eigenvalue weighted by Crippen LogP contribution is 2.33. The second-order valence-electron chi connectivity index (χ2n) is 9.78. The quantitative estimate of drug-likeness (QED) is 0.369. The number of aryl methyl sites for hydroxylation is 1. The van der Waals surface area contributed by atoms with Crippen molar-refractivity contribution in [3.63, 3.8) is 0 Å². The van der Waals surface area contributed by atoms with E-state index in [1.807, 2.05) is 18.2 Å². The summed E-state index contributed by atoms with van der Waals surface area (Å²) < 4.78 is 10.9. The molecule has 10 nitrogen and oxygen atoms in total. The Labute approximate surface area is 237 Å². The highest BCUT2D eigenvalue weighted by molar-refractivity contribution is 8.18. The van der Waals surface area contributed by atoms with Crippen LogP contribution in [0.3, 0.4) is 0 Å². The van der Waals surface area contributed by atoms with Crippen molar-refractivity contribution in [2.75, 3.05) is 38.8 Å². The van der Waals surface area contributed by atoms with Gasteiger partial charge in [-0.05, 0) is 86.0 Å². The Morgan fingerprint density at radius 1 is 1.10 bits per heavy atom. The Balaban J connectivity index is 1.15. The number of methoxy groups -OCH3 is 2. The van der Waals surface area contributed by atoms with Crippen LogP contribution in [-0.2, 0) is 11.3 Å². The first-order chi connectivity index (χ1) is 19.4. The molecule has 0 radical (unpaired) electrons. The second-order valence-corrected chi connectivity index (χ2v) is 10.8. The Bertz CT molecular complexity index is 1440. The molecular formula is C29H32N6O4S. The van der Waals surface area contributed by atoms with Gasteiger partial charge in [0.1, 0.15) is 11.5 Å². The zero-order valence-electron chi connectivity index (χ0n) is 22.8. The molecule has 1 aromatic carbocycles. The Hall–Kier alpha value is -3.96. The number of thioether (sulfide) groups is 1. The number of hydrogen-bond acceptors (Lipinski definition) is 10. The zero-order valence-corrected chi connectivity index (χ0v) is 23.6. The molecule has 0 spiro atoms. The molecule has 5 rings (SSSR count). The number of benzene rings is 1. The molecule has 2 N–H and O–H groups in total. The molecule has 0 aliphatic carbocycles. The molecule has 0 unspecified atom stereocenters. The van der Waals surface area contributed by atoms with E-state index in [0.29, 0.717) is 29.0 Å². The minimum absolute atomic E-state index is 0.345. The number of anilines is 1. The van der Waals surface area contributed by atoms with Gasteiger partial charge in [0.05, 0.1) is 36.2 Å². The lowest BCUT2D eigenvalue weighted by atomic mass is 9.97. The van der Waals surface area contributed by atoms with Gasteiger partial charge in [0.25, 0.3) is 11.1 Å². The van der Waals surface area contributed by atoms with Crippen LogP contribution in [-0.4, -0.2) is 60.0 Å². The van der Waals surface area contributed by atoms with Gasteiger partial charge < -0.3 is 19.7 Å². The molecule has 2 fully saturated rings. The Kier molecular flexibility index (Phi) is 8.61. The summed E-state index contributed by atoms with van der Waals surface area (Å²) in [4.78, 5) is 39.7. The minimum Gasteiger partial charge on any atom is -0.497 e. The van der Waals surface area contributed by atoms with E-state index in [1.165, 1.54) is 0 Å². The monoisotopic (exact) mass is 560 g/mol. The van der Waals surface area contributed by atoms with Crippen molar-refractivity contribution in [1.29, 1.82) is 0 Å². The van der Waals surface area contributed by atoms with Crippen molar-refractivity contribution in [3.8, 4) is 22.8 Å². The van der Waals surface area contributed by atoms with Gasteiger partial charge >= 0.3 is 0 Å². The molecule has 208 valence electrons. The molecule has 40 heavy (non-hydrogen) atoms. The predicted octanol–water partition coefficient (Wildman–Crippen LogP) is 4.19. The number of pyridine rings is 1. The maximum atomic E-state index is 11.8. The molecule has 2 saturated heterocycles. The lowest BCUT2D eigenvalue weighted by Crippen LogP contribution is -2.38. The number of ether oxygens (including phenoxy) is 2. The number of rotatable bonds is 9. The van der Waals surface area contributed by atoms with E-state index in [-0.39, 0.29) is 11.1 Å². The number of amides is 2. The van der Waals surface area contributed by atoms with E-state index in [1.54, 1.807) is 32.6 Å². The van der Waals surface area contributed by atoms with E-state index in [9.17, 15) is 9.59 Å². The topological polar surface area (TPSA) is 119 Å². The van der Waals surface area contributed by atoms with Gasteiger partial charge in [-0.1, -0.05) is 0 Å². The number of carbonyl (C=O) groups is 2.